The normalized spacial score (nSPS) is 13.9. The van der Waals surface area contributed by atoms with E-state index < -0.39 is 11.3 Å². The van der Waals surface area contributed by atoms with Crippen LogP contribution in [0.25, 0.3) is 0 Å². The highest BCUT2D eigenvalue weighted by Crippen LogP contribution is 2.32. The van der Waals surface area contributed by atoms with Crippen molar-refractivity contribution in [2.24, 2.45) is 5.41 Å². The molecule has 1 N–H and O–H groups in total. The van der Waals surface area contributed by atoms with E-state index in [0.717, 1.165) is 12.0 Å². The van der Waals surface area contributed by atoms with E-state index in [1.54, 1.807) is 36.9 Å². The van der Waals surface area contributed by atoms with Gasteiger partial charge in [0.2, 0.25) is 11.8 Å². The van der Waals surface area contributed by atoms with Crippen molar-refractivity contribution in [1.82, 2.24) is 4.90 Å². The molecule has 6 heteroatoms. The second-order valence-corrected chi connectivity index (χ2v) is 7.74. The number of carbonyl (C=O) groups excluding carboxylic acids is 2. The first kappa shape index (κ1) is 18.7. The standard InChI is InChI=1S/C20H20Cl2N2O2/c1-20(2,18(25)23-17-15(21)8-5-9-16(17)22)19(26)24-11-10-13-6-3-4-7-14(13)12-24/h3-9H,10-12H2,1-2H3,(H,23,25). The molecule has 136 valence electrons. The fourth-order valence-corrected chi connectivity index (χ4v) is 3.54. The Kier molecular flexibility index (Phi) is 5.26. The molecule has 1 aliphatic rings. The molecule has 0 saturated heterocycles. The second kappa shape index (κ2) is 7.29. The van der Waals surface area contributed by atoms with Crippen molar-refractivity contribution in [2.75, 3.05) is 11.9 Å². The van der Waals surface area contributed by atoms with Crippen LogP contribution in [0.5, 0.6) is 0 Å². The third-order valence-electron chi connectivity index (χ3n) is 4.72. The number of hydrogen-bond acceptors (Lipinski definition) is 2. The fraction of sp³-hybridized carbons (Fsp3) is 0.300. The number of anilines is 1. The first-order valence-electron chi connectivity index (χ1n) is 8.42. The average molecular weight is 391 g/mol. The van der Waals surface area contributed by atoms with Crippen LogP contribution in [-0.2, 0) is 22.6 Å². The molecular weight excluding hydrogens is 371 g/mol. The van der Waals surface area contributed by atoms with Crippen LogP contribution in [0.1, 0.15) is 25.0 Å². The summed E-state index contributed by atoms with van der Waals surface area (Å²) in [6.45, 7) is 4.35. The van der Waals surface area contributed by atoms with E-state index in [1.807, 2.05) is 18.2 Å². The highest BCUT2D eigenvalue weighted by Gasteiger charge is 2.40. The van der Waals surface area contributed by atoms with Gasteiger partial charge in [0.05, 0.1) is 15.7 Å². The van der Waals surface area contributed by atoms with Crippen LogP contribution in [0.2, 0.25) is 10.0 Å². The van der Waals surface area contributed by atoms with Crippen LogP contribution in [0.15, 0.2) is 42.5 Å². The fourth-order valence-electron chi connectivity index (χ4n) is 3.05. The van der Waals surface area contributed by atoms with Crippen LogP contribution in [0.3, 0.4) is 0 Å². The van der Waals surface area contributed by atoms with E-state index in [0.29, 0.717) is 28.8 Å². The summed E-state index contributed by atoms with van der Waals surface area (Å²) in [5.74, 6) is -0.649. The average Bonchev–Trinajstić information content (AvgIpc) is 2.63. The van der Waals surface area contributed by atoms with Gasteiger partial charge in [-0.25, -0.2) is 0 Å². The van der Waals surface area contributed by atoms with Crippen molar-refractivity contribution in [3.63, 3.8) is 0 Å². The first-order chi connectivity index (χ1) is 12.3. The molecule has 2 amide bonds. The SMILES string of the molecule is CC(C)(C(=O)Nc1c(Cl)cccc1Cl)C(=O)N1CCc2ccccc2C1. The second-order valence-electron chi connectivity index (χ2n) is 6.92. The van der Waals surface area contributed by atoms with E-state index in [4.69, 9.17) is 23.2 Å². The summed E-state index contributed by atoms with van der Waals surface area (Å²) in [5.41, 5.74) is 1.46. The number of amides is 2. The summed E-state index contributed by atoms with van der Waals surface area (Å²) in [7, 11) is 0. The first-order valence-corrected chi connectivity index (χ1v) is 9.18. The Bertz CT molecular complexity index is 844. The van der Waals surface area contributed by atoms with E-state index in [9.17, 15) is 9.59 Å². The van der Waals surface area contributed by atoms with Crippen LogP contribution < -0.4 is 5.32 Å². The highest BCUT2D eigenvalue weighted by molar-refractivity contribution is 6.40. The van der Waals surface area contributed by atoms with Gasteiger partial charge in [0, 0.05) is 13.1 Å². The zero-order valence-electron chi connectivity index (χ0n) is 14.7. The molecule has 3 rings (SSSR count). The number of halogens is 2. The molecule has 2 aromatic rings. The van der Waals surface area contributed by atoms with E-state index in [2.05, 4.69) is 11.4 Å². The minimum Gasteiger partial charge on any atom is -0.337 e. The minimum atomic E-state index is -1.24. The molecule has 4 nitrogen and oxygen atoms in total. The summed E-state index contributed by atoms with van der Waals surface area (Å²) in [5, 5.41) is 3.38. The summed E-state index contributed by atoms with van der Waals surface area (Å²) in [6, 6.07) is 13.0. The minimum absolute atomic E-state index is 0.215. The molecule has 0 unspecified atom stereocenters. The van der Waals surface area contributed by atoms with Gasteiger partial charge in [0.1, 0.15) is 5.41 Å². The zero-order chi connectivity index (χ0) is 18.9. The summed E-state index contributed by atoms with van der Waals surface area (Å²) < 4.78 is 0. The number of fused-ring (bicyclic) bond motifs is 1. The van der Waals surface area contributed by atoms with Gasteiger partial charge in [0.25, 0.3) is 0 Å². The lowest BCUT2D eigenvalue weighted by Crippen LogP contribution is -2.48. The van der Waals surface area contributed by atoms with Gasteiger partial charge in [-0.1, -0.05) is 53.5 Å². The Hall–Kier alpha value is -2.04. The Morgan fingerprint density at radius 1 is 1.00 bits per heavy atom. The summed E-state index contributed by atoms with van der Waals surface area (Å²) >= 11 is 12.2. The lowest BCUT2D eigenvalue weighted by molar-refractivity contribution is -0.147. The lowest BCUT2D eigenvalue weighted by Gasteiger charge is -2.34. The van der Waals surface area contributed by atoms with Gasteiger partial charge in [0.15, 0.2) is 0 Å². The van der Waals surface area contributed by atoms with Crippen molar-refractivity contribution in [1.29, 1.82) is 0 Å². The molecular formula is C20H20Cl2N2O2. The summed E-state index contributed by atoms with van der Waals surface area (Å²) in [6.07, 6.45) is 0.788. The number of rotatable bonds is 3. The van der Waals surface area contributed by atoms with Gasteiger partial charge < -0.3 is 10.2 Å². The molecule has 0 spiro atoms. The van der Waals surface area contributed by atoms with Crippen LogP contribution >= 0.6 is 23.2 Å². The Balaban J connectivity index is 1.77. The van der Waals surface area contributed by atoms with E-state index in [1.165, 1.54) is 5.56 Å². The Labute approximate surface area is 163 Å². The predicted octanol–water partition coefficient (Wildman–Crippen LogP) is 4.54. The Morgan fingerprint density at radius 2 is 1.62 bits per heavy atom. The van der Waals surface area contributed by atoms with E-state index >= 15 is 0 Å². The predicted molar refractivity (Wildman–Crippen MR) is 104 cm³/mol. The third kappa shape index (κ3) is 3.57. The monoisotopic (exact) mass is 390 g/mol. The van der Waals surface area contributed by atoms with Gasteiger partial charge in [-0.3, -0.25) is 9.59 Å². The molecule has 0 atom stereocenters. The van der Waals surface area contributed by atoms with Gasteiger partial charge in [-0.2, -0.15) is 0 Å². The van der Waals surface area contributed by atoms with Gasteiger partial charge in [-0.15, -0.1) is 0 Å². The topological polar surface area (TPSA) is 49.4 Å². The van der Waals surface area contributed by atoms with Crippen molar-refractivity contribution in [3.05, 3.63) is 63.6 Å². The largest absolute Gasteiger partial charge is 0.337 e. The number of nitrogens with one attached hydrogen (secondary N) is 1. The number of hydrogen-bond donors (Lipinski definition) is 1. The van der Waals surface area contributed by atoms with Gasteiger partial charge in [-0.05, 0) is 43.5 Å². The quantitative estimate of drug-likeness (QED) is 0.781. The molecule has 0 saturated carbocycles. The molecule has 1 aliphatic heterocycles. The number of para-hydroxylation sites is 1. The van der Waals surface area contributed by atoms with Crippen LogP contribution in [0, 0.1) is 5.41 Å². The molecule has 1 heterocycles. The smallest absolute Gasteiger partial charge is 0.239 e. The molecule has 0 radical (unpaired) electrons. The lowest BCUT2D eigenvalue weighted by atomic mass is 9.88. The molecule has 0 aliphatic carbocycles. The maximum atomic E-state index is 13.0. The molecule has 0 bridgehead atoms. The zero-order valence-corrected chi connectivity index (χ0v) is 16.2. The van der Waals surface area contributed by atoms with Crippen LogP contribution in [0.4, 0.5) is 5.69 Å². The van der Waals surface area contributed by atoms with Crippen molar-refractivity contribution in [2.45, 2.75) is 26.8 Å². The van der Waals surface area contributed by atoms with Crippen molar-refractivity contribution in [3.8, 4) is 0 Å². The number of benzene rings is 2. The number of carbonyl (C=O) groups is 2. The number of nitrogens with zero attached hydrogens (tertiary/aromatic N) is 1. The molecule has 26 heavy (non-hydrogen) atoms. The maximum Gasteiger partial charge on any atom is 0.239 e. The van der Waals surface area contributed by atoms with Crippen molar-refractivity contribution >= 4 is 40.7 Å². The van der Waals surface area contributed by atoms with Crippen molar-refractivity contribution < 1.29 is 9.59 Å². The third-order valence-corrected chi connectivity index (χ3v) is 5.35. The molecule has 0 aromatic heterocycles. The van der Waals surface area contributed by atoms with Gasteiger partial charge >= 0.3 is 0 Å². The van der Waals surface area contributed by atoms with E-state index in [-0.39, 0.29) is 5.91 Å². The molecule has 0 fully saturated rings. The summed E-state index contributed by atoms with van der Waals surface area (Å²) in [4.78, 5) is 27.6. The van der Waals surface area contributed by atoms with Crippen LogP contribution in [-0.4, -0.2) is 23.3 Å². The Morgan fingerprint density at radius 3 is 2.27 bits per heavy atom. The highest BCUT2D eigenvalue weighted by atomic mass is 35.5. The maximum absolute atomic E-state index is 13.0. The molecule has 2 aromatic carbocycles.